The van der Waals surface area contributed by atoms with Crippen LogP contribution in [0.3, 0.4) is 0 Å². The zero-order valence-corrected chi connectivity index (χ0v) is 12.0. The highest BCUT2D eigenvalue weighted by atomic mass is 32.2. The molecule has 102 valence electrons. The minimum absolute atomic E-state index is 0.314. The second-order valence-corrected chi connectivity index (χ2v) is 4.79. The number of esters is 1. The summed E-state index contributed by atoms with van der Waals surface area (Å²) in [6.07, 6.45) is 1.77. The van der Waals surface area contributed by atoms with Crippen LogP contribution in [0.2, 0.25) is 0 Å². The highest BCUT2D eigenvalue weighted by Crippen LogP contribution is 2.24. The van der Waals surface area contributed by atoms with Crippen LogP contribution in [-0.4, -0.2) is 18.8 Å². The molecule has 0 aromatic heterocycles. The molecule has 0 saturated heterocycles. The summed E-state index contributed by atoms with van der Waals surface area (Å²) >= 11 is 1.26. The molecule has 0 N–H and O–H groups in total. The van der Waals surface area contributed by atoms with Crippen molar-refractivity contribution >= 4 is 24.1 Å². The Balaban J connectivity index is 2.10. The number of rotatable bonds is 5. The smallest absolute Gasteiger partial charge is 0.339 e. The molecule has 0 saturated carbocycles. The number of hydrogen-bond donors (Lipinski definition) is 0. The minimum Gasteiger partial charge on any atom is -0.462 e. The molecule has 2 aromatic rings. The molecule has 0 fully saturated rings. The van der Waals surface area contributed by atoms with Crippen molar-refractivity contribution in [3.63, 3.8) is 0 Å². The first-order valence-electron chi connectivity index (χ1n) is 6.33. The fourth-order valence-electron chi connectivity index (χ4n) is 1.61. The Kier molecular flexibility index (Phi) is 5.38. The van der Waals surface area contributed by atoms with Crippen LogP contribution in [0.4, 0.5) is 0 Å². The van der Waals surface area contributed by atoms with Crippen LogP contribution < -0.4 is 0 Å². The molecule has 0 aliphatic heterocycles. The standard InChI is InChI=1S/C16H15NO2S/c1-2-19-16(18)14-10-6-7-11-15(14)20-17-12-13-8-4-3-5-9-13/h3-12H,2H2,1H3/b17-12+. The fourth-order valence-corrected chi connectivity index (χ4v) is 2.28. The van der Waals surface area contributed by atoms with Gasteiger partial charge < -0.3 is 4.74 Å². The Labute approximate surface area is 122 Å². The minimum atomic E-state index is -0.314. The van der Waals surface area contributed by atoms with Crippen LogP contribution in [0.5, 0.6) is 0 Å². The lowest BCUT2D eigenvalue weighted by Gasteiger charge is -2.05. The zero-order chi connectivity index (χ0) is 14.2. The molecule has 0 bridgehead atoms. The van der Waals surface area contributed by atoms with Crippen molar-refractivity contribution in [3.8, 4) is 0 Å². The Morgan fingerprint density at radius 1 is 1.15 bits per heavy atom. The lowest BCUT2D eigenvalue weighted by molar-refractivity contribution is 0.0522. The summed E-state index contributed by atoms with van der Waals surface area (Å²) in [6, 6.07) is 17.1. The highest BCUT2D eigenvalue weighted by molar-refractivity contribution is 7.98. The Morgan fingerprint density at radius 2 is 1.85 bits per heavy atom. The number of hydrogen-bond acceptors (Lipinski definition) is 4. The maximum atomic E-state index is 11.8. The molecule has 3 nitrogen and oxygen atoms in total. The summed E-state index contributed by atoms with van der Waals surface area (Å²) in [4.78, 5) is 12.6. The van der Waals surface area contributed by atoms with Gasteiger partial charge in [-0.2, -0.15) is 0 Å². The van der Waals surface area contributed by atoms with Gasteiger partial charge >= 0.3 is 5.97 Å². The van der Waals surface area contributed by atoms with Gasteiger partial charge in [-0.25, -0.2) is 9.19 Å². The number of nitrogens with zero attached hydrogens (tertiary/aromatic N) is 1. The lowest BCUT2D eigenvalue weighted by Crippen LogP contribution is -2.05. The first-order valence-corrected chi connectivity index (χ1v) is 7.10. The number of ether oxygens (including phenoxy) is 1. The van der Waals surface area contributed by atoms with E-state index in [9.17, 15) is 4.79 Å². The van der Waals surface area contributed by atoms with E-state index >= 15 is 0 Å². The zero-order valence-electron chi connectivity index (χ0n) is 11.2. The summed E-state index contributed by atoms with van der Waals surface area (Å²) < 4.78 is 9.33. The maximum Gasteiger partial charge on any atom is 0.339 e. The van der Waals surface area contributed by atoms with E-state index in [0.717, 1.165) is 10.5 Å². The van der Waals surface area contributed by atoms with Gasteiger partial charge in [0.2, 0.25) is 0 Å². The second-order valence-electron chi connectivity index (χ2n) is 3.95. The molecule has 0 heterocycles. The van der Waals surface area contributed by atoms with Crippen LogP contribution in [-0.2, 0) is 4.74 Å². The van der Waals surface area contributed by atoms with Gasteiger partial charge in [0.25, 0.3) is 0 Å². The molecule has 0 amide bonds. The molecule has 20 heavy (non-hydrogen) atoms. The van der Waals surface area contributed by atoms with Gasteiger partial charge in [-0.1, -0.05) is 42.5 Å². The van der Waals surface area contributed by atoms with E-state index in [2.05, 4.69) is 4.40 Å². The van der Waals surface area contributed by atoms with Crippen molar-refractivity contribution in [2.24, 2.45) is 4.40 Å². The van der Waals surface area contributed by atoms with E-state index in [1.807, 2.05) is 48.5 Å². The molecule has 0 unspecified atom stereocenters. The second kappa shape index (κ2) is 7.50. The third-order valence-electron chi connectivity index (χ3n) is 2.53. The van der Waals surface area contributed by atoms with Crippen molar-refractivity contribution in [2.75, 3.05) is 6.61 Å². The largest absolute Gasteiger partial charge is 0.462 e. The Bertz CT molecular complexity index is 596. The first kappa shape index (κ1) is 14.3. The van der Waals surface area contributed by atoms with Crippen molar-refractivity contribution < 1.29 is 9.53 Å². The summed E-state index contributed by atoms with van der Waals surface area (Å²) in [6.45, 7) is 2.16. The van der Waals surface area contributed by atoms with Crippen molar-refractivity contribution in [1.82, 2.24) is 0 Å². The third kappa shape index (κ3) is 3.96. The molecule has 0 aliphatic carbocycles. The van der Waals surface area contributed by atoms with Gasteiger partial charge in [0.15, 0.2) is 0 Å². The number of carbonyl (C=O) groups excluding carboxylic acids is 1. The highest BCUT2D eigenvalue weighted by Gasteiger charge is 2.11. The van der Waals surface area contributed by atoms with E-state index in [1.165, 1.54) is 11.9 Å². The van der Waals surface area contributed by atoms with Crippen molar-refractivity contribution in [2.45, 2.75) is 11.8 Å². The summed E-state index contributed by atoms with van der Waals surface area (Å²) in [5.41, 5.74) is 1.57. The number of benzene rings is 2. The van der Waals surface area contributed by atoms with Crippen LogP contribution >= 0.6 is 11.9 Å². The van der Waals surface area contributed by atoms with Crippen LogP contribution in [0.25, 0.3) is 0 Å². The van der Waals surface area contributed by atoms with Gasteiger partial charge in [0, 0.05) is 23.1 Å². The average molecular weight is 285 g/mol. The lowest BCUT2D eigenvalue weighted by atomic mass is 10.2. The average Bonchev–Trinajstić information content (AvgIpc) is 2.49. The summed E-state index contributed by atoms with van der Waals surface area (Å²) in [5.74, 6) is -0.314. The predicted octanol–water partition coefficient (Wildman–Crippen LogP) is 3.99. The van der Waals surface area contributed by atoms with Crippen LogP contribution in [0.15, 0.2) is 63.9 Å². The fraction of sp³-hybridized carbons (Fsp3) is 0.125. The first-order chi connectivity index (χ1) is 9.81. The van der Waals surface area contributed by atoms with E-state index < -0.39 is 0 Å². The molecular formula is C16H15NO2S. The molecule has 0 atom stereocenters. The monoisotopic (exact) mass is 285 g/mol. The van der Waals surface area contributed by atoms with Gasteiger partial charge in [-0.3, -0.25) is 0 Å². The van der Waals surface area contributed by atoms with Gasteiger partial charge in [-0.15, -0.1) is 0 Å². The maximum absolute atomic E-state index is 11.8. The van der Waals surface area contributed by atoms with Crippen LogP contribution in [0.1, 0.15) is 22.8 Å². The topological polar surface area (TPSA) is 38.7 Å². The SMILES string of the molecule is CCOC(=O)c1ccccc1S/N=C/c1ccccc1. The molecule has 0 radical (unpaired) electrons. The quantitative estimate of drug-likeness (QED) is 0.473. The van der Waals surface area contributed by atoms with Crippen LogP contribution in [0, 0.1) is 0 Å². The Morgan fingerprint density at radius 3 is 2.60 bits per heavy atom. The normalized spacial score (nSPS) is 10.7. The Hall–Kier alpha value is -2.07. The molecule has 0 spiro atoms. The van der Waals surface area contributed by atoms with Gasteiger partial charge in [0.1, 0.15) is 0 Å². The number of carbonyl (C=O) groups is 1. The summed E-state index contributed by atoms with van der Waals surface area (Å²) in [5, 5.41) is 0. The van der Waals surface area contributed by atoms with Gasteiger partial charge in [0.05, 0.1) is 12.2 Å². The van der Waals surface area contributed by atoms with Crippen molar-refractivity contribution in [3.05, 3.63) is 65.7 Å². The van der Waals surface area contributed by atoms with Crippen molar-refractivity contribution in [1.29, 1.82) is 0 Å². The van der Waals surface area contributed by atoms with E-state index in [1.54, 1.807) is 19.2 Å². The molecule has 0 aliphatic rings. The van der Waals surface area contributed by atoms with E-state index in [-0.39, 0.29) is 5.97 Å². The third-order valence-corrected chi connectivity index (χ3v) is 3.30. The predicted molar refractivity (Wildman–Crippen MR) is 82.3 cm³/mol. The molecular weight excluding hydrogens is 270 g/mol. The molecule has 2 aromatic carbocycles. The van der Waals surface area contributed by atoms with Gasteiger partial charge in [-0.05, 0) is 24.6 Å². The molecule has 4 heteroatoms. The molecule has 2 rings (SSSR count). The summed E-state index contributed by atoms with van der Waals surface area (Å²) in [7, 11) is 0. The van der Waals surface area contributed by atoms with E-state index in [0.29, 0.717) is 12.2 Å². The van der Waals surface area contributed by atoms with E-state index in [4.69, 9.17) is 4.74 Å².